The highest BCUT2D eigenvalue weighted by atomic mass is 35.5. The van der Waals surface area contributed by atoms with Gasteiger partial charge in [-0.2, -0.15) is 0 Å². The van der Waals surface area contributed by atoms with Crippen molar-refractivity contribution in [2.75, 3.05) is 31.7 Å². The Hall–Kier alpha value is -2.58. The molecule has 2 unspecified atom stereocenters. The van der Waals surface area contributed by atoms with Crippen LogP contribution in [0.1, 0.15) is 19.4 Å². The summed E-state index contributed by atoms with van der Waals surface area (Å²) in [6, 6.07) is 4.86. The molecule has 0 aromatic heterocycles. The summed E-state index contributed by atoms with van der Waals surface area (Å²) in [5.74, 6) is 0.362. The van der Waals surface area contributed by atoms with Gasteiger partial charge in [-0.1, -0.05) is 17.7 Å². The molecule has 0 N–H and O–H groups in total. The second-order valence-electron chi connectivity index (χ2n) is 7.31. The number of rotatable bonds is 5. The number of hydrogen-bond donors (Lipinski definition) is 0. The molecule has 0 bridgehead atoms. The summed E-state index contributed by atoms with van der Waals surface area (Å²) in [7, 11) is 1.68. The van der Waals surface area contributed by atoms with Crippen molar-refractivity contribution in [3.8, 4) is 0 Å². The Morgan fingerprint density at radius 3 is 2.69 bits per heavy atom. The van der Waals surface area contributed by atoms with E-state index < -0.39 is 12.2 Å². The molecule has 1 saturated heterocycles. The third kappa shape index (κ3) is 3.07. The number of likely N-dealkylation sites (N-methyl/N-ethyl adjacent to an activating group) is 1. The van der Waals surface area contributed by atoms with E-state index in [1.807, 2.05) is 55.0 Å². The third-order valence-electron chi connectivity index (χ3n) is 5.46. The number of fused-ring (bicyclic) bond motifs is 3. The van der Waals surface area contributed by atoms with Gasteiger partial charge in [-0.25, -0.2) is 9.79 Å². The summed E-state index contributed by atoms with van der Waals surface area (Å²) in [6.07, 6.45) is 1.33. The second kappa shape index (κ2) is 7.35. The maximum atomic E-state index is 13.2. The van der Waals surface area contributed by atoms with E-state index >= 15 is 0 Å². The fourth-order valence-electron chi connectivity index (χ4n) is 3.90. The zero-order valence-corrected chi connectivity index (χ0v) is 17.7. The van der Waals surface area contributed by atoms with Crippen LogP contribution in [0.4, 0.5) is 10.5 Å². The molecular formula is C20H24ClN5O3. The first-order chi connectivity index (χ1) is 13.8. The van der Waals surface area contributed by atoms with Gasteiger partial charge in [0.2, 0.25) is 5.96 Å². The van der Waals surface area contributed by atoms with Crippen LogP contribution in [0.2, 0.25) is 5.02 Å². The Balaban J connectivity index is 1.66. The van der Waals surface area contributed by atoms with Gasteiger partial charge in [-0.05, 0) is 38.5 Å². The molecule has 1 aromatic rings. The van der Waals surface area contributed by atoms with E-state index in [1.54, 1.807) is 7.05 Å². The molecule has 3 heterocycles. The van der Waals surface area contributed by atoms with E-state index in [0.717, 1.165) is 16.9 Å². The summed E-state index contributed by atoms with van der Waals surface area (Å²) >= 11 is 6.32. The number of guanidine groups is 1. The smallest absolute Gasteiger partial charge is 0.328 e. The number of nitrogens with zero attached hydrogens (tertiary/aromatic N) is 5. The van der Waals surface area contributed by atoms with Gasteiger partial charge < -0.3 is 14.5 Å². The van der Waals surface area contributed by atoms with Crippen LogP contribution in [0, 0.1) is 6.92 Å². The molecule has 0 saturated carbocycles. The topological polar surface area (TPSA) is 68.7 Å². The van der Waals surface area contributed by atoms with E-state index in [-0.39, 0.29) is 18.5 Å². The number of allylic oxidation sites excluding steroid dienone is 1. The number of hydrogen-bond acceptors (Lipinski definition) is 6. The minimum atomic E-state index is -0.588. The van der Waals surface area contributed by atoms with Gasteiger partial charge in [0.1, 0.15) is 0 Å². The molecule has 0 spiro atoms. The van der Waals surface area contributed by atoms with Crippen LogP contribution in [0.3, 0.4) is 0 Å². The van der Waals surface area contributed by atoms with Crippen LogP contribution in [0.5, 0.6) is 0 Å². The Morgan fingerprint density at radius 2 is 2.00 bits per heavy atom. The Bertz CT molecular complexity index is 931. The maximum absolute atomic E-state index is 13.2. The predicted octanol–water partition coefficient (Wildman–Crippen LogP) is 2.63. The number of aliphatic imine (C=N–C) groups is 1. The summed E-state index contributed by atoms with van der Waals surface area (Å²) < 4.78 is 5.34. The minimum Gasteiger partial charge on any atom is -0.380 e. The highest BCUT2D eigenvalue weighted by Crippen LogP contribution is 2.37. The lowest BCUT2D eigenvalue weighted by atomic mass is 10.1. The summed E-state index contributed by atoms with van der Waals surface area (Å²) in [5.41, 5.74) is 2.78. The number of anilines is 1. The molecule has 8 nitrogen and oxygen atoms in total. The molecule has 9 heteroatoms. The molecule has 0 radical (unpaired) electrons. The van der Waals surface area contributed by atoms with E-state index in [9.17, 15) is 9.59 Å². The van der Waals surface area contributed by atoms with Gasteiger partial charge in [0, 0.05) is 30.6 Å². The van der Waals surface area contributed by atoms with Crippen molar-refractivity contribution in [1.29, 1.82) is 0 Å². The van der Waals surface area contributed by atoms with E-state index in [2.05, 4.69) is 0 Å². The van der Waals surface area contributed by atoms with Gasteiger partial charge in [0.15, 0.2) is 12.2 Å². The Kier molecular flexibility index (Phi) is 5.00. The monoisotopic (exact) mass is 417 g/mol. The lowest BCUT2D eigenvalue weighted by Gasteiger charge is -2.40. The average molecular weight is 418 g/mol. The third-order valence-corrected chi connectivity index (χ3v) is 5.87. The molecule has 154 valence electrons. The van der Waals surface area contributed by atoms with Crippen LogP contribution >= 0.6 is 11.6 Å². The molecule has 1 aromatic carbocycles. The number of ether oxygens (including phenoxy) is 1. The lowest BCUT2D eigenvalue weighted by molar-refractivity contribution is -0.137. The number of imide groups is 1. The maximum Gasteiger partial charge on any atom is 0.328 e. The van der Waals surface area contributed by atoms with Crippen molar-refractivity contribution < 1.29 is 14.3 Å². The zero-order chi connectivity index (χ0) is 20.9. The van der Waals surface area contributed by atoms with Crippen LogP contribution < -0.4 is 4.90 Å². The largest absolute Gasteiger partial charge is 0.380 e. The van der Waals surface area contributed by atoms with Crippen LogP contribution in [-0.4, -0.2) is 71.6 Å². The molecule has 3 aliphatic heterocycles. The van der Waals surface area contributed by atoms with Crippen LogP contribution in [-0.2, 0) is 9.53 Å². The predicted molar refractivity (Wildman–Crippen MR) is 111 cm³/mol. The number of carbonyl (C=O) groups is 2. The second-order valence-corrected chi connectivity index (χ2v) is 7.72. The average Bonchev–Trinajstić information content (AvgIpc) is 3.20. The molecule has 3 amide bonds. The fraction of sp³-hybridized carbons (Fsp3) is 0.450. The van der Waals surface area contributed by atoms with Gasteiger partial charge in [0.05, 0.1) is 18.8 Å². The normalized spacial score (nSPS) is 23.5. The van der Waals surface area contributed by atoms with Crippen molar-refractivity contribution in [3.63, 3.8) is 0 Å². The molecule has 3 aliphatic rings. The van der Waals surface area contributed by atoms with Crippen LogP contribution in [0.25, 0.3) is 0 Å². The van der Waals surface area contributed by atoms with Gasteiger partial charge in [-0.15, -0.1) is 0 Å². The van der Waals surface area contributed by atoms with E-state index in [0.29, 0.717) is 24.2 Å². The highest BCUT2D eigenvalue weighted by Gasteiger charge is 2.54. The molecule has 2 atom stereocenters. The van der Waals surface area contributed by atoms with E-state index in [4.69, 9.17) is 21.3 Å². The first-order valence-electron chi connectivity index (χ1n) is 9.62. The Morgan fingerprint density at radius 1 is 1.24 bits per heavy atom. The highest BCUT2D eigenvalue weighted by molar-refractivity contribution is 6.31. The van der Waals surface area contributed by atoms with Gasteiger partial charge in [0.25, 0.3) is 5.91 Å². The minimum absolute atomic E-state index is 0.224. The molecule has 4 rings (SSSR count). The van der Waals surface area contributed by atoms with E-state index in [1.165, 1.54) is 9.80 Å². The molecule has 1 fully saturated rings. The number of aryl methyl sites for hydroxylation is 1. The van der Waals surface area contributed by atoms with Gasteiger partial charge in [-0.3, -0.25) is 14.6 Å². The number of amides is 3. The SMILES string of the molecule is CCOCCN1C(=O)C2C(N=C3N(c4ccc(C)c(Cl)c4)C(C)=CN32)N(C)C1=O. The number of urea groups is 1. The lowest BCUT2D eigenvalue weighted by Crippen LogP contribution is -2.64. The first kappa shape index (κ1) is 19.7. The van der Waals surface area contributed by atoms with Crippen molar-refractivity contribution >= 4 is 35.2 Å². The van der Waals surface area contributed by atoms with Crippen molar-refractivity contribution in [3.05, 3.63) is 40.7 Å². The summed E-state index contributed by atoms with van der Waals surface area (Å²) in [4.78, 5) is 37.3. The Labute approximate surface area is 175 Å². The fourth-order valence-corrected chi connectivity index (χ4v) is 4.07. The molecule has 0 aliphatic carbocycles. The number of carbonyl (C=O) groups excluding carboxylic acids is 2. The molecular weight excluding hydrogens is 394 g/mol. The summed E-state index contributed by atoms with van der Waals surface area (Å²) in [5, 5.41) is 0.662. The quantitative estimate of drug-likeness (QED) is 0.689. The molecule has 29 heavy (non-hydrogen) atoms. The van der Waals surface area contributed by atoms with Crippen molar-refractivity contribution in [2.24, 2.45) is 4.99 Å². The number of benzene rings is 1. The van der Waals surface area contributed by atoms with Gasteiger partial charge >= 0.3 is 6.03 Å². The summed E-state index contributed by atoms with van der Waals surface area (Å²) in [6.45, 7) is 6.86. The van der Waals surface area contributed by atoms with Crippen molar-refractivity contribution in [2.45, 2.75) is 33.0 Å². The first-order valence-corrected chi connectivity index (χ1v) is 9.99. The number of halogens is 1. The standard InChI is InChI=1S/C20H24ClN5O3/c1-5-29-9-8-24-18(27)16-17(23(4)20(24)28)22-19-25(16)11-13(3)26(19)14-7-6-12(2)15(21)10-14/h6-7,10-11,16-17H,5,8-9H2,1-4H3. The van der Waals surface area contributed by atoms with Crippen molar-refractivity contribution in [1.82, 2.24) is 14.7 Å². The zero-order valence-electron chi connectivity index (χ0n) is 16.9. The van der Waals surface area contributed by atoms with Crippen LogP contribution in [0.15, 0.2) is 35.1 Å².